The topological polar surface area (TPSA) is 20.3 Å². The van der Waals surface area contributed by atoms with Gasteiger partial charge in [-0.25, -0.2) is 0 Å². The highest BCUT2D eigenvalue weighted by molar-refractivity contribution is 5.81. The molecule has 2 heteroatoms. The second-order valence-electron chi connectivity index (χ2n) is 3.00. The summed E-state index contributed by atoms with van der Waals surface area (Å²) in [5.41, 5.74) is 1.29. The molecule has 0 saturated carbocycles. The zero-order valence-corrected chi connectivity index (χ0v) is 6.72. The Kier molecular flexibility index (Phi) is 1.79. The molecular weight excluding hydrogens is 126 g/mol. The summed E-state index contributed by atoms with van der Waals surface area (Å²) in [6, 6.07) is 0. The van der Waals surface area contributed by atoms with Gasteiger partial charge < -0.3 is 4.90 Å². The molecule has 1 aliphatic heterocycles. The van der Waals surface area contributed by atoms with Crippen molar-refractivity contribution in [3.63, 3.8) is 0 Å². The van der Waals surface area contributed by atoms with Gasteiger partial charge in [-0.05, 0) is 6.92 Å². The van der Waals surface area contributed by atoms with Crippen molar-refractivity contribution in [1.82, 2.24) is 4.90 Å². The van der Waals surface area contributed by atoms with Crippen molar-refractivity contribution in [2.75, 3.05) is 13.6 Å². The van der Waals surface area contributed by atoms with Gasteiger partial charge in [-0.1, -0.05) is 18.6 Å². The lowest BCUT2D eigenvalue weighted by Crippen LogP contribution is -2.35. The Morgan fingerprint density at radius 2 is 2.30 bits per heavy atom. The summed E-state index contributed by atoms with van der Waals surface area (Å²) < 4.78 is 0. The molecule has 0 fully saturated rings. The quantitative estimate of drug-likeness (QED) is 0.459. The van der Waals surface area contributed by atoms with Gasteiger partial charge in [-0.2, -0.15) is 0 Å². The fourth-order valence-corrected chi connectivity index (χ4v) is 1.35. The number of amides is 1. The molecule has 56 valence electrons. The zero-order valence-electron chi connectivity index (χ0n) is 6.72. The summed E-state index contributed by atoms with van der Waals surface area (Å²) in [6.07, 6.45) is 2.03. The molecule has 0 aromatic rings. The van der Waals surface area contributed by atoms with Crippen molar-refractivity contribution in [3.05, 3.63) is 11.6 Å². The molecule has 1 aliphatic rings. The Morgan fingerprint density at radius 1 is 1.70 bits per heavy atom. The third kappa shape index (κ3) is 1.20. The van der Waals surface area contributed by atoms with Crippen LogP contribution in [0.5, 0.6) is 0 Å². The Bertz CT molecular complexity index is 184. The highest BCUT2D eigenvalue weighted by Crippen LogP contribution is 2.13. The molecule has 1 unspecified atom stereocenters. The SMILES string of the molecule is CC1=CC(C)C(=O)N(C)C1. The van der Waals surface area contributed by atoms with Gasteiger partial charge in [0.05, 0.1) is 5.92 Å². The number of carbonyl (C=O) groups excluding carboxylic acids is 1. The van der Waals surface area contributed by atoms with Crippen molar-refractivity contribution in [2.45, 2.75) is 13.8 Å². The van der Waals surface area contributed by atoms with Crippen LogP contribution in [0.25, 0.3) is 0 Å². The van der Waals surface area contributed by atoms with Crippen molar-refractivity contribution >= 4 is 5.91 Å². The van der Waals surface area contributed by atoms with Crippen molar-refractivity contribution in [2.24, 2.45) is 5.92 Å². The summed E-state index contributed by atoms with van der Waals surface area (Å²) in [6.45, 7) is 4.78. The van der Waals surface area contributed by atoms with Gasteiger partial charge in [0, 0.05) is 13.6 Å². The lowest BCUT2D eigenvalue weighted by molar-refractivity contribution is -0.132. The van der Waals surface area contributed by atoms with Crippen molar-refractivity contribution in [1.29, 1.82) is 0 Å². The third-order valence-corrected chi connectivity index (χ3v) is 1.79. The lowest BCUT2D eigenvalue weighted by atomic mass is 10.0. The van der Waals surface area contributed by atoms with Gasteiger partial charge >= 0.3 is 0 Å². The molecule has 1 heterocycles. The summed E-state index contributed by atoms with van der Waals surface area (Å²) in [5.74, 6) is 0.310. The third-order valence-electron chi connectivity index (χ3n) is 1.79. The summed E-state index contributed by atoms with van der Waals surface area (Å²) in [4.78, 5) is 12.9. The van der Waals surface area contributed by atoms with Gasteiger partial charge in [0.1, 0.15) is 0 Å². The molecular formula is C8H13NO. The minimum atomic E-state index is 0.0822. The smallest absolute Gasteiger partial charge is 0.229 e. The number of likely N-dealkylation sites (N-methyl/N-ethyl adjacent to an activating group) is 1. The molecule has 0 spiro atoms. The van der Waals surface area contributed by atoms with E-state index in [1.54, 1.807) is 4.90 Å². The van der Waals surface area contributed by atoms with E-state index in [0.717, 1.165) is 6.54 Å². The van der Waals surface area contributed by atoms with Crippen LogP contribution >= 0.6 is 0 Å². The Hall–Kier alpha value is -0.790. The second-order valence-corrected chi connectivity index (χ2v) is 3.00. The molecule has 1 rings (SSSR count). The fraction of sp³-hybridized carbons (Fsp3) is 0.625. The largest absolute Gasteiger partial charge is 0.341 e. The molecule has 0 aromatic heterocycles. The van der Waals surface area contributed by atoms with E-state index in [9.17, 15) is 4.79 Å². The number of rotatable bonds is 0. The van der Waals surface area contributed by atoms with Gasteiger partial charge in [0.2, 0.25) is 5.91 Å². The molecule has 0 aromatic carbocycles. The molecule has 10 heavy (non-hydrogen) atoms. The van der Waals surface area contributed by atoms with Crippen LogP contribution in [-0.2, 0) is 4.79 Å². The Morgan fingerprint density at radius 3 is 2.80 bits per heavy atom. The van der Waals surface area contributed by atoms with Crippen LogP contribution in [0.3, 0.4) is 0 Å². The van der Waals surface area contributed by atoms with Gasteiger partial charge in [-0.3, -0.25) is 4.79 Å². The number of hydrogen-bond donors (Lipinski definition) is 0. The van der Waals surface area contributed by atoms with Gasteiger partial charge in [-0.15, -0.1) is 0 Å². The molecule has 0 aliphatic carbocycles. The van der Waals surface area contributed by atoms with E-state index in [1.807, 2.05) is 20.0 Å². The summed E-state index contributed by atoms with van der Waals surface area (Å²) >= 11 is 0. The van der Waals surface area contributed by atoms with E-state index in [4.69, 9.17) is 0 Å². The van der Waals surface area contributed by atoms with Crippen LogP contribution in [0.15, 0.2) is 11.6 Å². The van der Waals surface area contributed by atoms with Crippen molar-refractivity contribution < 1.29 is 4.79 Å². The van der Waals surface area contributed by atoms with Crippen LogP contribution < -0.4 is 0 Å². The van der Waals surface area contributed by atoms with Crippen LogP contribution in [-0.4, -0.2) is 24.4 Å². The summed E-state index contributed by atoms with van der Waals surface area (Å²) in [5, 5.41) is 0. The maximum Gasteiger partial charge on any atom is 0.229 e. The van der Waals surface area contributed by atoms with E-state index < -0.39 is 0 Å². The standard InChI is InChI=1S/C8H13NO/c1-6-4-7(2)8(10)9(3)5-6/h4,7H,5H2,1-3H3. The minimum Gasteiger partial charge on any atom is -0.341 e. The molecule has 2 nitrogen and oxygen atoms in total. The predicted octanol–water partition coefficient (Wildman–Crippen LogP) is 1.04. The van der Waals surface area contributed by atoms with Gasteiger partial charge in [0.15, 0.2) is 0 Å². The first-order chi connectivity index (χ1) is 4.61. The fourth-order valence-electron chi connectivity index (χ4n) is 1.35. The normalized spacial score (nSPS) is 26.7. The Labute approximate surface area is 61.5 Å². The average molecular weight is 139 g/mol. The molecule has 1 atom stereocenters. The maximum absolute atomic E-state index is 11.2. The molecule has 1 amide bonds. The van der Waals surface area contributed by atoms with E-state index in [1.165, 1.54) is 5.57 Å². The monoisotopic (exact) mass is 139 g/mol. The van der Waals surface area contributed by atoms with E-state index in [-0.39, 0.29) is 11.8 Å². The first-order valence-corrected chi connectivity index (χ1v) is 3.53. The number of nitrogens with zero attached hydrogens (tertiary/aromatic N) is 1. The predicted molar refractivity (Wildman–Crippen MR) is 40.6 cm³/mol. The van der Waals surface area contributed by atoms with E-state index in [2.05, 4.69) is 6.92 Å². The second kappa shape index (κ2) is 2.45. The van der Waals surface area contributed by atoms with Crippen molar-refractivity contribution in [3.8, 4) is 0 Å². The first kappa shape index (κ1) is 7.32. The molecule has 0 N–H and O–H groups in total. The van der Waals surface area contributed by atoms with E-state index in [0.29, 0.717) is 0 Å². The molecule has 0 radical (unpaired) electrons. The average Bonchev–Trinajstić information content (AvgIpc) is 1.82. The van der Waals surface area contributed by atoms with Gasteiger partial charge in [0.25, 0.3) is 0 Å². The summed E-state index contributed by atoms with van der Waals surface area (Å²) in [7, 11) is 1.84. The maximum atomic E-state index is 11.2. The Balaban J connectivity index is 2.79. The van der Waals surface area contributed by atoms with Crippen LogP contribution in [0.1, 0.15) is 13.8 Å². The van der Waals surface area contributed by atoms with Crippen LogP contribution in [0.4, 0.5) is 0 Å². The van der Waals surface area contributed by atoms with E-state index >= 15 is 0 Å². The molecule has 0 saturated heterocycles. The van der Waals surface area contributed by atoms with Crippen LogP contribution in [0.2, 0.25) is 0 Å². The first-order valence-electron chi connectivity index (χ1n) is 3.53. The van der Waals surface area contributed by atoms with Crippen LogP contribution in [0, 0.1) is 5.92 Å². The number of carbonyl (C=O) groups is 1. The highest BCUT2D eigenvalue weighted by Gasteiger charge is 2.19. The minimum absolute atomic E-state index is 0.0822. The highest BCUT2D eigenvalue weighted by atomic mass is 16.2. The number of hydrogen-bond acceptors (Lipinski definition) is 1. The zero-order chi connectivity index (χ0) is 7.72. The lowest BCUT2D eigenvalue weighted by Gasteiger charge is -2.25. The molecule has 0 bridgehead atoms.